The molecule has 39 heavy (non-hydrogen) atoms. The minimum atomic E-state index is -3.80. The lowest BCUT2D eigenvalue weighted by Crippen LogP contribution is -2.54. The summed E-state index contributed by atoms with van der Waals surface area (Å²) in [6.07, 6.45) is 1.39. The zero-order chi connectivity index (χ0) is 28.7. The van der Waals surface area contributed by atoms with Crippen LogP contribution in [0.25, 0.3) is 0 Å². The van der Waals surface area contributed by atoms with Crippen molar-refractivity contribution in [3.05, 3.63) is 101 Å². The molecule has 0 aliphatic carbocycles. The lowest BCUT2D eigenvalue weighted by molar-refractivity contribution is -0.140. The lowest BCUT2D eigenvalue weighted by atomic mass is 10.0. The molecule has 3 aromatic carbocycles. The maximum Gasteiger partial charge on any atom is 0.244 e. The Hall–Kier alpha value is -3.65. The van der Waals surface area contributed by atoms with Gasteiger partial charge in [-0.2, -0.15) is 0 Å². The Bertz CT molecular complexity index is 1400. The maximum absolute atomic E-state index is 14.1. The highest BCUT2D eigenvalue weighted by atomic mass is 32.2. The molecule has 0 aromatic heterocycles. The summed E-state index contributed by atoms with van der Waals surface area (Å²) in [7, 11) is -3.80. The van der Waals surface area contributed by atoms with Crippen LogP contribution in [0.4, 0.5) is 5.69 Å². The van der Waals surface area contributed by atoms with E-state index in [1.165, 1.54) is 4.90 Å². The summed E-state index contributed by atoms with van der Waals surface area (Å²) in [5.41, 5.74) is 4.86. The third-order valence-corrected chi connectivity index (χ3v) is 7.58. The summed E-state index contributed by atoms with van der Waals surface area (Å²) >= 11 is 0. The number of amides is 2. The van der Waals surface area contributed by atoms with Crippen molar-refractivity contribution in [1.29, 1.82) is 0 Å². The van der Waals surface area contributed by atoms with Crippen LogP contribution in [-0.2, 0) is 32.6 Å². The van der Waals surface area contributed by atoms with E-state index in [1.807, 2.05) is 101 Å². The number of hydrogen-bond acceptors (Lipinski definition) is 4. The van der Waals surface area contributed by atoms with Crippen molar-refractivity contribution < 1.29 is 18.0 Å². The number of carbonyl (C=O) groups excluding carboxylic acids is 2. The predicted molar refractivity (Wildman–Crippen MR) is 157 cm³/mol. The van der Waals surface area contributed by atoms with Crippen LogP contribution in [0.3, 0.4) is 0 Å². The number of rotatable bonds is 11. The van der Waals surface area contributed by atoms with Crippen LogP contribution >= 0.6 is 0 Å². The Kier molecular flexibility index (Phi) is 9.92. The molecule has 0 fully saturated rings. The van der Waals surface area contributed by atoms with Crippen molar-refractivity contribution in [2.24, 2.45) is 0 Å². The normalized spacial score (nSPS) is 12.2. The van der Waals surface area contributed by atoms with Gasteiger partial charge in [0.05, 0.1) is 11.9 Å². The summed E-state index contributed by atoms with van der Waals surface area (Å²) in [5, 5.41) is 2.96. The first-order chi connectivity index (χ1) is 18.3. The van der Waals surface area contributed by atoms with Crippen molar-refractivity contribution in [2.45, 2.75) is 59.7 Å². The average Bonchev–Trinajstić information content (AvgIpc) is 2.85. The standard InChI is InChI=1S/C31H39N3O4S/c1-22(2)32-31(36)29(19-26-12-8-7-9-13-26)33(20-27-14-10-11-23(3)17-27)30(35)21-34(39(6,37)38)28-18-24(4)15-16-25(28)5/h7-18,22,29H,19-21H2,1-6H3,(H,32,36). The first-order valence-corrected chi connectivity index (χ1v) is 14.9. The Morgan fingerprint density at radius 1 is 0.846 bits per heavy atom. The average molecular weight is 550 g/mol. The second-order valence-electron chi connectivity index (χ2n) is 10.4. The topological polar surface area (TPSA) is 86.8 Å². The lowest BCUT2D eigenvalue weighted by Gasteiger charge is -2.34. The van der Waals surface area contributed by atoms with Crippen LogP contribution in [0, 0.1) is 20.8 Å². The van der Waals surface area contributed by atoms with Crippen LogP contribution in [-0.4, -0.2) is 50.0 Å². The zero-order valence-electron chi connectivity index (χ0n) is 23.6. The van der Waals surface area contributed by atoms with Crippen LogP contribution < -0.4 is 9.62 Å². The van der Waals surface area contributed by atoms with E-state index in [4.69, 9.17) is 0 Å². The van der Waals surface area contributed by atoms with Gasteiger partial charge in [-0.25, -0.2) is 8.42 Å². The molecule has 0 aliphatic heterocycles. The van der Waals surface area contributed by atoms with Gasteiger partial charge in [0.15, 0.2) is 0 Å². The molecule has 0 saturated carbocycles. The van der Waals surface area contributed by atoms with Crippen LogP contribution in [0.2, 0.25) is 0 Å². The minimum Gasteiger partial charge on any atom is -0.352 e. The highest BCUT2D eigenvalue weighted by Crippen LogP contribution is 2.25. The van der Waals surface area contributed by atoms with Gasteiger partial charge in [0.1, 0.15) is 12.6 Å². The predicted octanol–water partition coefficient (Wildman–Crippen LogP) is 4.54. The molecule has 1 N–H and O–H groups in total. The summed E-state index contributed by atoms with van der Waals surface area (Å²) < 4.78 is 27.1. The number of sulfonamides is 1. The van der Waals surface area contributed by atoms with E-state index >= 15 is 0 Å². The fraction of sp³-hybridized carbons (Fsp3) is 0.355. The quantitative estimate of drug-likeness (QED) is 0.380. The van der Waals surface area contributed by atoms with Gasteiger partial charge in [-0.3, -0.25) is 13.9 Å². The number of nitrogens with zero attached hydrogens (tertiary/aromatic N) is 2. The SMILES string of the molecule is Cc1cccc(CN(C(=O)CN(c2cc(C)ccc2C)S(C)(=O)=O)C(Cc2ccccc2)C(=O)NC(C)C)c1. The van der Waals surface area contributed by atoms with Crippen molar-refractivity contribution in [3.8, 4) is 0 Å². The molecule has 2 amide bonds. The van der Waals surface area contributed by atoms with E-state index in [1.54, 1.807) is 6.07 Å². The first-order valence-electron chi connectivity index (χ1n) is 13.1. The van der Waals surface area contributed by atoms with Crippen LogP contribution in [0.5, 0.6) is 0 Å². The number of anilines is 1. The smallest absolute Gasteiger partial charge is 0.244 e. The number of nitrogens with one attached hydrogen (secondary N) is 1. The Morgan fingerprint density at radius 2 is 1.49 bits per heavy atom. The van der Waals surface area contributed by atoms with Gasteiger partial charge in [-0.15, -0.1) is 0 Å². The van der Waals surface area contributed by atoms with Crippen molar-refractivity contribution in [3.63, 3.8) is 0 Å². The molecule has 0 aliphatic rings. The van der Waals surface area contributed by atoms with Gasteiger partial charge in [0.2, 0.25) is 21.8 Å². The molecule has 1 atom stereocenters. The zero-order valence-corrected chi connectivity index (χ0v) is 24.5. The molecule has 1 unspecified atom stereocenters. The molecule has 3 rings (SSSR count). The van der Waals surface area contributed by atoms with Gasteiger partial charge >= 0.3 is 0 Å². The third-order valence-electron chi connectivity index (χ3n) is 6.45. The van der Waals surface area contributed by atoms with Crippen LogP contribution in [0.1, 0.15) is 41.7 Å². The molecule has 7 nitrogen and oxygen atoms in total. The van der Waals surface area contributed by atoms with E-state index < -0.39 is 28.5 Å². The molecule has 3 aromatic rings. The summed E-state index contributed by atoms with van der Waals surface area (Å²) in [5.74, 6) is -0.741. The molecule has 0 heterocycles. The summed E-state index contributed by atoms with van der Waals surface area (Å²) in [6.45, 7) is 9.14. The van der Waals surface area contributed by atoms with Crippen LogP contribution in [0.15, 0.2) is 72.8 Å². The van der Waals surface area contributed by atoms with Gasteiger partial charge in [0.25, 0.3) is 0 Å². The minimum absolute atomic E-state index is 0.130. The Morgan fingerprint density at radius 3 is 2.10 bits per heavy atom. The number of benzene rings is 3. The molecule has 0 radical (unpaired) electrons. The van der Waals surface area contributed by atoms with E-state index in [9.17, 15) is 18.0 Å². The van der Waals surface area contributed by atoms with E-state index in [-0.39, 0.29) is 18.5 Å². The summed E-state index contributed by atoms with van der Waals surface area (Å²) in [4.78, 5) is 29.2. The molecule has 0 spiro atoms. The number of carbonyl (C=O) groups is 2. The van der Waals surface area contributed by atoms with E-state index in [0.717, 1.165) is 38.4 Å². The monoisotopic (exact) mass is 549 g/mol. The van der Waals surface area contributed by atoms with Gasteiger partial charge in [0, 0.05) is 19.0 Å². The second kappa shape index (κ2) is 12.9. The van der Waals surface area contributed by atoms with E-state index in [0.29, 0.717) is 12.1 Å². The van der Waals surface area contributed by atoms with Crippen molar-refractivity contribution in [2.75, 3.05) is 17.1 Å². The second-order valence-corrected chi connectivity index (χ2v) is 12.3. The molecule has 208 valence electrons. The fourth-order valence-corrected chi connectivity index (χ4v) is 5.42. The third kappa shape index (κ3) is 8.42. The Balaban J connectivity index is 2.08. The van der Waals surface area contributed by atoms with E-state index in [2.05, 4.69) is 5.32 Å². The van der Waals surface area contributed by atoms with Gasteiger partial charge in [-0.05, 0) is 62.9 Å². The van der Waals surface area contributed by atoms with Gasteiger partial charge < -0.3 is 10.2 Å². The fourth-order valence-electron chi connectivity index (χ4n) is 4.52. The summed E-state index contributed by atoms with van der Waals surface area (Å²) in [6, 6.07) is 21.8. The number of hydrogen-bond donors (Lipinski definition) is 1. The van der Waals surface area contributed by atoms with Crippen molar-refractivity contribution in [1.82, 2.24) is 10.2 Å². The van der Waals surface area contributed by atoms with Gasteiger partial charge in [-0.1, -0.05) is 72.3 Å². The highest BCUT2D eigenvalue weighted by Gasteiger charge is 2.33. The molecule has 0 saturated heterocycles. The Labute approximate surface area is 232 Å². The first kappa shape index (κ1) is 29.9. The molecular formula is C31H39N3O4S. The molecular weight excluding hydrogens is 510 g/mol. The largest absolute Gasteiger partial charge is 0.352 e. The molecule has 8 heteroatoms. The van der Waals surface area contributed by atoms with Crippen molar-refractivity contribution >= 4 is 27.5 Å². The maximum atomic E-state index is 14.1. The highest BCUT2D eigenvalue weighted by molar-refractivity contribution is 7.92. The molecule has 0 bridgehead atoms. The number of aryl methyl sites for hydroxylation is 3.